The summed E-state index contributed by atoms with van der Waals surface area (Å²) < 4.78 is 5.89. The minimum Gasteiger partial charge on any atom is -0.459 e. The van der Waals surface area contributed by atoms with Crippen molar-refractivity contribution in [3.63, 3.8) is 0 Å². The van der Waals surface area contributed by atoms with Gasteiger partial charge in [0.25, 0.3) is 0 Å². The number of amides is 1. The average Bonchev–Trinajstić information content (AvgIpc) is 2.95. The molecule has 26 heavy (non-hydrogen) atoms. The van der Waals surface area contributed by atoms with Crippen molar-refractivity contribution in [2.45, 2.75) is 63.5 Å². The van der Waals surface area contributed by atoms with Crippen LogP contribution in [0.1, 0.15) is 63.7 Å². The summed E-state index contributed by atoms with van der Waals surface area (Å²) in [7, 11) is 0. The van der Waals surface area contributed by atoms with Gasteiger partial charge in [-0.1, -0.05) is 18.2 Å². The lowest BCUT2D eigenvalue weighted by molar-refractivity contribution is -0.169. The Morgan fingerprint density at radius 1 is 1.27 bits per heavy atom. The predicted molar refractivity (Wildman–Crippen MR) is 99.5 cm³/mol. The Labute approximate surface area is 154 Å². The van der Waals surface area contributed by atoms with Gasteiger partial charge in [-0.2, -0.15) is 0 Å². The summed E-state index contributed by atoms with van der Waals surface area (Å²) in [5.41, 5.74) is 0.359. The molecule has 4 nitrogen and oxygen atoms in total. The molecule has 1 amide bonds. The summed E-state index contributed by atoms with van der Waals surface area (Å²) in [6.07, 6.45) is 6.70. The van der Waals surface area contributed by atoms with Gasteiger partial charge in [0.05, 0.1) is 11.6 Å². The predicted octanol–water partition coefficient (Wildman–Crippen LogP) is 4.33. The maximum Gasteiger partial charge on any atom is 0.221 e. The number of fused-ring (bicyclic) bond motifs is 1. The van der Waals surface area contributed by atoms with Crippen LogP contribution in [0.2, 0.25) is 0 Å². The van der Waals surface area contributed by atoms with Gasteiger partial charge in [-0.3, -0.25) is 4.79 Å². The summed E-state index contributed by atoms with van der Waals surface area (Å²) in [6.45, 7) is 1.98. The fraction of sp³-hybridized carbons (Fsp3) is 0.591. The Balaban J connectivity index is 1.28. The van der Waals surface area contributed by atoms with E-state index in [2.05, 4.69) is 5.32 Å². The van der Waals surface area contributed by atoms with Gasteiger partial charge in [-0.25, -0.2) is 0 Å². The second-order valence-electron chi connectivity index (χ2n) is 9.34. The summed E-state index contributed by atoms with van der Waals surface area (Å²) in [6, 6.07) is 9.77. The number of rotatable bonds is 4. The zero-order chi connectivity index (χ0) is 17.9. The number of hydrogen-bond acceptors (Lipinski definition) is 3. The summed E-state index contributed by atoms with van der Waals surface area (Å²) >= 11 is 0. The normalized spacial score (nSPS) is 36.4. The molecular formula is C22H27NO3. The van der Waals surface area contributed by atoms with Gasteiger partial charge in [-0.15, -0.1) is 0 Å². The zero-order valence-corrected chi connectivity index (χ0v) is 15.3. The van der Waals surface area contributed by atoms with Crippen molar-refractivity contribution in [1.82, 2.24) is 5.32 Å². The van der Waals surface area contributed by atoms with Crippen LogP contribution in [-0.2, 0) is 4.79 Å². The van der Waals surface area contributed by atoms with E-state index in [1.54, 1.807) is 0 Å². The molecule has 4 aliphatic rings. The van der Waals surface area contributed by atoms with E-state index in [1.807, 2.05) is 37.3 Å². The van der Waals surface area contributed by atoms with E-state index in [9.17, 15) is 9.90 Å². The number of para-hydroxylation sites is 1. The molecule has 2 unspecified atom stereocenters. The Morgan fingerprint density at radius 2 is 2.00 bits per heavy atom. The highest BCUT2D eigenvalue weighted by molar-refractivity contribution is 5.79. The molecule has 0 radical (unpaired) electrons. The largest absolute Gasteiger partial charge is 0.459 e. The van der Waals surface area contributed by atoms with E-state index in [-0.39, 0.29) is 17.4 Å². The highest BCUT2D eigenvalue weighted by Crippen LogP contribution is 2.62. The van der Waals surface area contributed by atoms with Gasteiger partial charge in [0, 0.05) is 11.8 Å². The van der Waals surface area contributed by atoms with Crippen LogP contribution in [-0.4, -0.2) is 16.6 Å². The highest BCUT2D eigenvalue weighted by atomic mass is 16.3. The number of carbonyl (C=O) groups is 1. The van der Waals surface area contributed by atoms with E-state index in [0.29, 0.717) is 18.3 Å². The van der Waals surface area contributed by atoms with E-state index in [0.717, 1.165) is 48.8 Å². The van der Waals surface area contributed by atoms with Crippen molar-refractivity contribution in [3.05, 3.63) is 36.1 Å². The van der Waals surface area contributed by atoms with Crippen molar-refractivity contribution in [2.75, 3.05) is 0 Å². The number of furan rings is 1. The van der Waals surface area contributed by atoms with E-state index >= 15 is 0 Å². The maximum absolute atomic E-state index is 12.8. The fourth-order valence-corrected chi connectivity index (χ4v) is 6.53. The van der Waals surface area contributed by atoms with Crippen LogP contribution < -0.4 is 5.32 Å². The smallest absolute Gasteiger partial charge is 0.221 e. The molecule has 138 valence electrons. The second-order valence-corrected chi connectivity index (χ2v) is 9.34. The molecular weight excluding hydrogens is 326 g/mol. The summed E-state index contributed by atoms with van der Waals surface area (Å²) in [4.78, 5) is 12.8. The first-order valence-electron chi connectivity index (χ1n) is 9.92. The number of benzene rings is 1. The van der Waals surface area contributed by atoms with E-state index < -0.39 is 5.60 Å². The molecule has 6 rings (SSSR count). The maximum atomic E-state index is 12.8. The Hall–Kier alpha value is -1.81. The van der Waals surface area contributed by atoms with E-state index in [1.165, 1.54) is 6.42 Å². The molecule has 4 bridgehead atoms. The van der Waals surface area contributed by atoms with Crippen LogP contribution in [0.3, 0.4) is 0 Å². The second kappa shape index (κ2) is 5.59. The standard InChI is InChI=1S/C22H27NO3/c1-14(19-7-17-4-2-3-5-18(17)26-19)23-20(24)12-21-8-15-6-16(9-21)11-22(25,10-15)13-21/h2-5,7,14-16,25H,6,8-13H2,1H3,(H,23,24)/t14-,15-,16+,21?,22?/m1/s1. The molecule has 4 saturated carbocycles. The lowest BCUT2D eigenvalue weighted by Crippen LogP contribution is -2.56. The molecule has 0 spiro atoms. The average molecular weight is 353 g/mol. The van der Waals surface area contributed by atoms with Gasteiger partial charge in [0.1, 0.15) is 11.3 Å². The van der Waals surface area contributed by atoms with Gasteiger partial charge in [0.2, 0.25) is 5.91 Å². The SMILES string of the molecule is C[C@@H](NC(=O)CC12C[C@@H]3C[C@@H](CC(O)(C3)C1)C2)c1cc2ccccc2o1. The van der Waals surface area contributed by atoms with Crippen LogP contribution in [0.5, 0.6) is 0 Å². The first-order chi connectivity index (χ1) is 12.4. The van der Waals surface area contributed by atoms with Crippen molar-refractivity contribution in [2.24, 2.45) is 17.3 Å². The topological polar surface area (TPSA) is 62.5 Å². The molecule has 4 fully saturated rings. The molecule has 1 aromatic heterocycles. The third-order valence-corrected chi connectivity index (χ3v) is 6.94. The van der Waals surface area contributed by atoms with Crippen molar-refractivity contribution in [3.8, 4) is 0 Å². The fourth-order valence-electron chi connectivity index (χ4n) is 6.53. The van der Waals surface area contributed by atoms with Crippen LogP contribution >= 0.6 is 0 Å². The third-order valence-electron chi connectivity index (χ3n) is 6.94. The van der Waals surface area contributed by atoms with Crippen molar-refractivity contribution >= 4 is 16.9 Å². The molecule has 2 N–H and O–H groups in total. The molecule has 1 aromatic carbocycles. The molecule has 2 aromatic rings. The van der Waals surface area contributed by atoms with Gasteiger partial charge < -0.3 is 14.8 Å². The molecule has 5 atom stereocenters. The van der Waals surface area contributed by atoms with Gasteiger partial charge >= 0.3 is 0 Å². The van der Waals surface area contributed by atoms with Crippen LogP contribution in [0, 0.1) is 17.3 Å². The first-order valence-corrected chi connectivity index (χ1v) is 9.92. The van der Waals surface area contributed by atoms with Gasteiger partial charge in [-0.05, 0) is 74.8 Å². The Morgan fingerprint density at radius 3 is 2.69 bits per heavy atom. The monoisotopic (exact) mass is 353 g/mol. The van der Waals surface area contributed by atoms with Crippen molar-refractivity contribution < 1.29 is 14.3 Å². The van der Waals surface area contributed by atoms with Crippen LogP contribution in [0.25, 0.3) is 11.0 Å². The van der Waals surface area contributed by atoms with Crippen LogP contribution in [0.4, 0.5) is 0 Å². The number of hydrogen-bond donors (Lipinski definition) is 2. The van der Waals surface area contributed by atoms with Gasteiger partial charge in [0.15, 0.2) is 0 Å². The van der Waals surface area contributed by atoms with E-state index in [4.69, 9.17) is 4.42 Å². The quantitative estimate of drug-likeness (QED) is 0.860. The zero-order valence-electron chi connectivity index (χ0n) is 15.3. The highest BCUT2D eigenvalue weighted by Gasteiger charge is 2.57. The van der Waals surface area contributed by atoms with Crippen LogP contribution in [0.15, 0.2) is 34.7 Å². The number of aliphatic hydroxyl groups is 1. The molecule has 0 aliphatic heterocycles. The lowest BCUT2D eigenvalue weighted by atomic mass is 9.47. The number of carbonyl (C=O) groups excluding carboxylic acids is 1. The molecule has 0 saturated heterocycles. The Bertz CT molecular complexity index is 807. The Kier molecular flexibility index (Phi) is 3.52. The van der Waals surface area contributed by atoms with Crippen molar-refractivity contribution in [1.29, 1.82) is 0 Å². The molecule has 4 aliphatic carbocycles. The summed E-state index contributed by atoms with van der Waals surface area (Å²) in [5.74, 6) is 2.11. The molecule has 4 heteroatoms. The summed E-state index contributed by atoms with van der Waals surface area (Å²) in [5, 5.41) is 15.1. The third kappa shape index (κ3) is 2.75. The molecule has 1 heterocycles. The first kappa shape index (κ1) is 16.4. The minimum absolute atomic E-state index is 0.0104. The number of nitrogens with one attached hydrogen (secondary N) is 1. The lowest BCUT2D eigenvalue weighted by Gasteiger charge is -2.60. The minimum atomic E-state index is -0.505.